The van der Waals surface area contributed by atoms with E-state index in [0.29, 0.717) is 12.2 Å². The van der Waals surface area contributed by atoms with Gasteiger partial charge in [0.05, 0.1) is 17.4 Å². The highest BCUT2D eigenvalue weighted by atomic mass is 16.6. The Hall–Kier alpha value is -3.24. The van der Waals surface area contributed by atoms with Crippen LogP contribution >= 0.6 is 0 Å². The second-order valence-electron chi connectivity index (χ2n) is 4.72. The fraction of sp³-hybridized carbons (Fsp3) is 0.333. The summed E-state index contributed by atoms with van der Waals surface area (Å²) in [7, 11) is 0. The Morgan fingerprint density at radius 2 is 2.13 bits per heavy atom. The lowest BCUT2D eigenvalue weighted by Gasteiger charge is -2.02. The van der Waals surface area contributed by atoms with Crippen LogP contribution in [0, 0.1) is 17.0 Å². The number of primary amides is 1. The first-order valence-corrected chi connectivity index (χ1v) is 6.67. The third-order valence-electron chi connectivity index (χ3n) is 2.95. The minimum absolute atomic E-state index is 0.0775. The van der Waals surface area contributed by atoms with Crippen molar-refractivity contribution in [1.29, 1.82) is 0 Å². The number of nitrogens with zero attached hydrogens (tertiary/aromatic N) is 5. The van der Waals surface area contributed by atoms with Crippen LogP contribution in [-0.2, 0) is 17.9 Å². The lowest BCUT2D eigenvalue weighted by molar-refractivity contribution is -0.392. The molecule has 0 aliphatic heterocycles. The van der Waals surface area contributed by atoms with Gasteiger partial charge in [0.2, 0.25) is 0 Å². The minimum Gasteiger partial charge on any atom is -0.364 e. The van der Waals surface area contributed by atoms with E-state index in [0.717, 1.165) is 4.68 Å². The van der Waals surface area contributed by atoms with E-state index in [4.69, 9.17) is 5.73 Å². The molecule has 2 aromatic rings. The maximum absolute atomic E-state index is 12.1. The van der Waals surface area contributed by atoms with E-state index in [-0.39, 0.29) is 23.7 Å². The van der Waals surface area contributed by atoms with Crippen molar-refractivity contribution in [3.05, 3.63) is 33.8 Å². The summed E-state index contributed by atoms with van der Waals surface area (Å²) in [5.74, 6) is -1.67. The molecule has 0 saturated carbocycles. The van der Waals surface area contributed by atoms with Crippen LogP contribution in [0.2, 0.25) is 0 Å². The zero-order chi connectivity index (χ0) is 17.1. The topological polar surface area (TPSA) is 151 Å². The molecule has 0 spiro atoms. The monoisotopic (exact) mass is 321 g/mol. The van der Waals surface area contributed by atoms with E-state index < -0.39 is 16.7 Å². The third kappa shape index (κ3) is 3.51. The van der Waals surface area contributed by atoms with E-state index in [1.54, 1.807) is 13.8 Å². The molecule has 0 aliphatic carbocycles. The smallest absolute Gasteiger partial charge is 0.345 e. The Morgan fingerprint density at radius 3 is 2.70 bits per heavy atom. The number of hydrogen-bond acceptors (Lipinski definition) is 6. The molecule has 2 amide bonds. The second-order valence-corrected chi connectivity index (χ2v) is 4.72. The summed E-state index contributed by atoms with van der Waals surface area (Å²) in [6, 6.07) is 1.26. The number of nitrogens with two attached hydrogens (primary N) is 1. The van der Waals surface area contributed by atoms with Crippen molar-refractivity contribution in [3.8, 4) is 0 Å². The number of hydrogen-bond donors (Lipinski definition) is 2. The molecule has 0 radical (unpaired) electrons. The molecule has 23 heavy (non-hydrogen) atoms. The normalized spacial score (nSPS) is 10.5. The number of rotatable bonds is 6. The zero-order valence-electron chi connectivity index (χ0n) is 12.5. The van der Waals surface area contributed by atoms with Crippen molar-refractivity contribution in [1.82, 2.24) is 19.6 Å². The van der Waals surface area contributed by atoms with Gasteiger partial charge in [-0.3, -0.25) is 14.3 Å². The highest BCUT2D eigenvalue weighted by molar-refractivity contribution is 6.01. The van der Waals surface area contributed by atoms with Crippen LogP contribution in [0.4, 0.5) is 11.5 Å². The predicted molar refractivity (Wildman–Crippen MR) is 78.7 cm³/mol. The lowest BCUT2D eigenvalue weighted by atomic mass is 10.3. The summed E-state index contributed by atoms with van der Waals surface area (Å²) < 4.78 is 2.41. The largest absolute Gasteiger partial charge is 0.364 e. The van der Waals surface area contributed by atoms with E-state index in [9.17, 15) is 19.7 Å². The molecule has 0 atom stereocenters. The van der Waals surface area contributed by atoms with Crippen LogP contribution in [0.25, 0.3) is 0 Å². The molecule has 2 heterocycles. The first kappa shape index (κ1) is 16.1. The van der Waals surface area contributed by atoms with Gasteiger partial charge in [-0.1, -0.05) is 5.10 Å². The summed E-state index contributed by atoms with van der Waals surface area (Å²) in [5.41, 5.74) is 5.69. The fourth-order valence-corrected chi connectivity index (χ4v) is 1.98. The molecule has 11 nitrogen and oxygen atoms in total. The van der Waals surface area contributed by atoms with Crippen LogP contribution in [-0.4, -0.2) is 36.3 Å². The summed E-state index contributed by atoms with van der Waals surface area (Å²) in [5, 5.41) is 21.2. The molecule has 0 fully saturated rings. The molecule has 11 heteroatoms. The van der Waals surface area contributed by atoms with Gasteiger partial charge >= 0.3 is 5.82 Å². The standard InChI is InChI=1S/C12H15N7O4/c1-3-17-5-8(11(16-17)12(13)21)14-9(20)6-18-10(19(22)23)4-7(2)15-18/h4-5H,3,6H2,1-2H3,(H2,13,21)(H,14,20). The number of aryl methyl sites for hydroxylation is 2. The van der Waals surface area contributed by atoms with Gasteiger partial charge in [0, 0.05) is 12.7 Å². The van der Waals surface area contributed by atoms with Gasteiger partial charge in [0.25, 0.3) is 11.8 Å². The Bertz CT molecular complexity index is 776. The zero-order valence-corrected chi connectivity index (χ0v) is 12.5. The minimum atomic E-state index is -0.784. The molecule has 0 saturated heterocycles. The number of nitro groups is 1. The number of nitrogens with one attached hydrogen (secondary N) is 1. The van der Waals surface area contributed by atoms with Crippen molar-refractivity contribution >= 4 is 23.3 Å². The number of aromatic nitrogens is 4. The highest BCUT2D eigenvalue weighted by Gasteiger charge is 2.21. The fourth-order valence-electron chi connectivity index (χ4n) is 1.98. The SMILES string of the molecule is CCn1cc(NC(=O)Cn2nc(C)cc2[N+](=O)[O-])c(C(N)=O)n1. The molecule has 122 valence electrons. The Balaban J connectivity index is 2.19. The summed E-state index contributed by atoms with van der Waals surface area (Å²) >= 11 is 0. The summed E-state index contributed by atoms with van der Waals surface area (Å²) in [6.07, 6.45) is 1.46. The van der Waals surface area contributed by atoms with Crippen LogP contribution in [0.3, 0.4) is 0 Å². The van der Waals surface area contributed by atoms with E-state index in [2.05, 4.69) is 15.5 Å². The van der Waals surface area contributed by atoms with Gasteiger partial charge in [-0.05, 0) is 18.8 Å². The van der Waals surface area contributed by atoms with E-state index >= 15 is 0 Å². The molecular formula is C12H15N7O4. The van der Waals surface area contributed by atoms with E-state index in [1.807, 2.05) is 0 Å². The Labute approximate surface area is 130 Å². The molecule has 0 aliphatic rings. The summed E-state index contributed by atoms with van der Waals surface area (Å²) in [6.45, 7) is 3.50. The average molecular weight is 321 g/mol. The highest BCUT2D eigenvalue weighted by Crippen LogP contribution is 2.15. The molecule has 3 N–H and O–H groups in total. The van der Waals surface area contributed by atoms with Gasteiger partial charge < -0.3 is 21.2 Å². The lowest BCUT2D eigenvalue weighted by Crippen LogP contribution is -2.22. The third-order valence-corrected chi connectivity index (χ3v) is 2.95. The van der Waals surface area contributed by atoms with Crippen LogP contribution < -0.4 is 11.1 Å². The molecule has 0 aromatic carbocycles. The van der Waals surface area contributed by atoms with Gasteiger partial charge in [-0.25, -0.2) is 0 Å². The molecule has 0 bridgehead atoms. The van der Waals surface area contributed by atoms with Crippen molar-refractivity contribution < 1.29 is 14.5 Å². The number of anilines is 1. The van der Waals surface area contributed by atoms with Gasteiger partial charge in [-0.2, -0.15) is 5.10 Å². The Kier molecular flexibility index (Phi) is 4.39. The van der Waals surface area contributed by atoms with Gasteiger partial charge in [0.1, 0.15) is 0 Å². The maximum Gasteiger partial charge on any atom is 0.345 e. The predicted octanol–water partition coefficient (Wildman–Crippen LogP) is 0.0537. The van der Waals surface area contributed by atoms with E-state index in [1.165, 1.54) is 16.9 Å². The maximum atomic E-state index is 12.1. The van der Waals surface area contributed by atoms with Crippen molar-refractivity contribution in [3.63, 3.8) is 0 Å². The summed E-state index contributed by atoms with van der Waals surface area (Å²) in [4.78, 5) is 33.7. The van der Waals surface area contributed by atoms with Crippen LogP contribution in [0.5, 0.6) is 0 Å². The number of carbonyl (C=O) groups is 2. The first-order chi connectivity index (χ1) is 10.8. The number of amides is 2. The Morgan fingerprint density at radius 1 is 1.43 bits per heavy atom. The average Bonchev–Trinajstić information content (AvgIpc) is 3.02. The molecule has 2 rings (SSSR count). The molecule has 0 unspecified atom stereocenters. The molecule has 2 aromatic heterocycles. The quantitative estimate of drug-likeness (QED) is 0.566. The van der Waals surface area contributed by atoms with Crippen LogP contribution in [0.1, 0.15) is 23.1 Å². The molecular weight excluding hydrogens is 306 g/mol. The van der Waals surface area contributed by atoms with Gasteiger partial charge in [-0.15, -0.1) is 4.68 Å². The van der Waals surface area contributed by atoms with Crippen molar-refractivity contribution in [2.75, 3.05) is 5.32 Å². The second kappa shape index (κ2) is 6.25. The number of carbonyl (C=O) groups excluding carboxylic acids is 2. The van der Waals surface area contributed by atoms with Crippen molar-refractivity contribution in [2.45, 2.75) is 26.9 Å². The van der Waals surface area contributed by atoms with Crippen LogP contribution in [0.15, 0.2) is 12.3 Å². The first-order valence-electron chi connectivity index (χ1n) is 6.67. The van der Waals surface area contributed by atoms with Crippen molar-refractivity contribution in [2.24, 2.45) is 5.73 Å². The van der Waals surface area contributed by atoms with Gasteiger partial charge in [0.15, 0.2) is 12.2 Å².